The molecule has 3 heteroatoms. The van der Waals surface area contributed by atoms with E-state index in [0.717, 1.165) is 0 Å². The van der Waals surface area contributed by atoms with Gasteiger partial charge in [-0.05, 0) is 31.6 Å². The Kier molecular flexibility index (Phi) is 6.03. The molecule has 0 aromatic rings. The van der Waals surface area contributed by atoms with E-state index in [1.54, 1.807) is 13.8 Å². The van der Waals surface area contributed by atoms with Crippen molar-refractivity contribution in [3.8, 4) is 0 Å². The van der Waals surface area contributed by atoms with E-state index in [1.807, 2.05) is 0 Å². The summed E-state index contributed by atoms with van der Waals surface area (Å²) in [5.41, 5.74) is 0.789. The lowest BCUT2D eigenvalue weighted by Gasteiger charge is -2.01. The lowest BCUT2D eigenvalue weighted by Crippen LogP contribution is -2.06. The number of ether oxygens (including phenoxy) is 1. The van der Waals surface area contributed by atoms with E-state index in [4.69, 9.17) is 4.74 Å². The topological polar surface area (TPSA) is 43.4 Å². The van der Waals surface area contributed by atoms with Gasteiger partial charge in [-0.15, -0.1) is 0 Å². The molecule has 0 saturated carbocycles. The Morgan fingerprint density at radius 2 is 2.14 bits per heavy atom. The Morgan fingerprint density at radius 1 is 1.50 bits per heavy atom. The molecule has 3 nitrogen and oxygen atoms in total. The van der Waals surface area contributed by atoms with Gasteiger partial charge in [-0.2, -0.15) is 0 Å². The molecule has 0 fully saturated rings. The van der Waals surface area contributed by atoms with E-state index in [0.29, 0.717) is 24.0 Å². The monoisotopic (exact) mass is 194 g/mol. The van der Waals surface area contributed by atoms with Gasteiger partial charge in [0.05, 0.1) is 12.2 Å². The van der Waals surface area contributed by atoms with Crippen LogP contribution in [-0.2, 0) is 14.3 Å². The molecule has 0 spiro atoms. The second-order valence-corrected chi connectivity index (χ2v) is 2.58. The summed E-state index contributed by atoms with van der Waals surface area (Å²) in [6, 6.07) is 0. The molecule has 0 atom stereocenters. The summed E-state index contributed by atoms with van der Waals surface area (Å²) in [7, 11) is 0. The number of aldehydes is 1. The molecule has 0 aromatic heterocycles. The first-order valence-electron chi connectivity index (χ1n) is 4.29. The van der Waals surface area contributed by atoms with Gasteiger partial charge in [-0.1, -0.05) is 12.7 Å². The minimum atomic E-state index is -0.450. The fourth-order valence-electron chi connectivity index (χ4n) is 0.796. The van der Waals surface area contributed by atoms with Crippen LogP contribution in [0, 0.1) is 0 Å². The fourth-order valence-corrected chi connectivity index (χ4v) is 0.796. The number of allylic oxidation sites excluding steroid dienone is 3. The molecule has 0 radical (unpaired) electrons. The van der Waals surface area contributed by atoms with E-state index in [2.05, 4.69) is 6.58 Å². The minimum Gasteiger partial charge on any atom is -0.462 e. The zero-order valence-electron chi connectivity index (χ0n) is 8.45. The van der Waals surface area contributed by atoms with Crippen LogP contribution >= 0.6 is 0 Å². The standard InChI is InChI=1S/C11H14O3/c1-4-6-10(7-9(3)8-12)11(13)14-5-2/h4,6-8H,1,5H2,2-3H3/b9-7+,10-6+. The van der Waals surface area contributed by atoms with Crippen molar-refractivity contribution in [1.82, 2.24) is 0 Å². The molecule has 0 aliphatic rings. The molecule has 0 bridgehead atoms. The Bertz CT molecular complexity index is 285. The molecule has 76 valence electrons. The molecule has 0 amide bonds. The normalized spacial score (nSPS) is 12.1. The molecule has 0 unspecified atom stereocenters. The maximum absolute atomic E-state index is 11.3. The number of hydrogen-bond acceptors (Lipinski definition) is 3. The van der Waals surface area contributed by atoms with Crippen molar-refractivity contribution in [3.05, 3.63) is 36.0 Å². The van der Waals surface area contributed by atoms with E-state index >= 15 is 0 Å². The Labute approximate surface area is 83.8 Å². The first-order chi connectivity index (χ1) is 6.65. The Balaban J connectivity index is 4.78. The number of carbonyl (C=O) groups is 2. The summed E-state index contributed by atoms with van der Waals surface area (Å²) in [6.07, 6.45) is 5.12. The van der Waals surface area contributed by atoms with Gasteiger partial charge in [-0.3, -0.25) is 4.79 Å². The van der Waals surface area contributed by atoms with Crippen molar-refractivity contribution in [3.63, 3.8) is 0 Å². The zero-order valence-corrected chi connectivity index (χ0v) is 8.45. The van der Waals surface area contributed by atoms with E-state index < -0.39 is 5.97 Å². The van der Waals surface area contributed by atoms with Crippen LogP contribution in [0.3, 0.4) is 0 Å². The SMILES string of the molecule is C=C/C=C(\C=C(/C)C=O)C(=O)OCC. The second kappa shape index (κ2) is 6.83. The van der Waals surface area contributed by atoms with Crippen molar-refractivity contribution < 1.29 is 14.3 Å². The summed E-state index contributed by atoms with van der Waals surface area (Å²) >= 11 is 0. The highest BCUT2D eigenvalue weighted by atomic mass is 16.5. The van der Waals surface area contributed by atoms with Crippen LogP contribution in [0.1, 0.15) is 13.8 Å². The van der Waals surface area contributed by atoms with Crippen LogP contribution in [0.25, 0.3) is 0 Å². The molecular formula is C11H14O3. The smallest absolute Gasteiger partial charge is 0.338 e. The Morgan fingerprint density at radius 3 is 2.57 bits per heavy atom. The van der Waals surface area contributed by atoms with Crippen LogP contribution in [0.15, 0.2) is 36.0 Å². The maximum atomic E-state index is 11.3. The summed E-state index contributed by atoms with van der Waals surface area (Å²) in [5.74, 6) is -0.450. The number of carbonyl (C=O) groups excluding carboxylic acids is 2. The molecule has 0 aliphatic heterocycles. The number of esters is 1. The van der Waals surface area contributed by atoms with Crippen LogP contribution in [0.5, 0.6) is 0 Å². The largest absolute Gasteiger partial charge is 0.462 e. The van der Waals surface area contributed by atoms with Crippen molar-refractivity contribution in [1.29, 1.82) is 0 Å². The lowest BCUT2D eigenvalue weighted by molar-refractivity contribution is -0.138. The van der Waals surface area contributed by atoms with Crippen LogP contribution in [-0.4, -0.2) is 18.9 Å². The molecule has 0 N–H and O–H groups in total. The van der Waals surface area contributed by atoms with Crippen LogP contribution in [0.2, 0.25) is 0 Å². The van der Waals surface area contributed by atoms with Gasteiger partial charge in [0.1, 0.15) is 6.29 Å². The summed E-state index contributed by atoms with van der Waals surface area (Å²) in [5, 5.41) is 0. The second-order valence-electron chi connectivity index (χ2n) is 2.58. The zero-order chi connectivity index (χ0) is 11.0. The average Bonchev–Trinajstić information content (AvgIpc) is 2.17. The maximum Gasteiger partial charge on any atom is 0.338 e. The summed E-state index contributed by atoms with van der Waals surface area (Å²) < 4.78 is 4.79. The van der Waals surface area contributed by atoms with Gasteiger partial charge in [0.15, 0.2) is 0 Å². The molecular weight excluding hydrogens is 180 g/mol. The molecule has 0 saturated heterocycles. The molecule has 0 aliphatic carbocycles. The highest BCUT2D eigenvalue weighted by molar-refractivity contribution is 5.93. The quantitative estimate of drug-likeness (QED) is 0.290. The summed E-state index contributed by atoms with van der Waals surface area (Å²) in [4.78, 5) is 21.6. The van der Waals surface area contributed by atoms with Crippen LogP contribution < -0.4 is 0 Å². The van der Waals surface area contributed by atoms with E-state index in [1.165, 1.54) is 18.2 Å². The highest BCUT2D eigenvalue weighted by Crippen LogP contribution is 2.04. The third-order valence-corrected chi connectivity index (χ3v) is 1.38. The first kappa shape index (κ1) is 12.4. The number of hydrogen-bond donors (Lipinski definition) is 0. The van der Waals surface area contributed by atoms with Crippen molar-refractivity contribution in [2.24, 2.45) is 0 Å². The van der Waals surface area contributed by atoms with Crippen LogP contribution in [0.4, 0.5) is 0 Å². The molecule has 0 heterocycles. The predicted octanol–water partition coefficient (Wildman–Crippen LogP) is 1.81. The molecule has 0 aromatic carbocycles. The van der Waals surface area contributed by atoms with Gasteiger partial charge < -0.3 is 4.74 Å². The van der Waals surface area contributed by atoms with Gasteiger partial charge in [0.2, 0.25) is 0 Å². The Hall–Kier alpha value is -1.64. The fraction of sp³-hybridized carbons (Fsp3) is 0.273. The van der Waals surface area contributed by atoms with Gasteiger partial charge in [0, 0.05) is 0 Å². The minimum absolute atomic E-state index is 0.307. The van der Waals surface area contributed by atoms with Crippen molar-refractivity contribution in [2.75, 3.05) is 6.61 Å². The highest BCUT2D eigenvalue weighted by Gasteiger charge is 2.06. The first-order valence-corrected chi connectivity index (χ1v) is 4.29. The predicted molar refractivity (Wildman–Crippen MR) is 54.7 cm³/mol. The van der Waals surface area contributed by atoms with Gasteiger partial charge in [0.25, 0.3) is 0 Å². The third-order valence-electron chi connectivity index (χ3n) is 1.38. The molecule has 14 heavy (non-hydrogen) atoms. The van der Waals surface area contributed by atoms with Crippen molar-refractivity contribution in [2.45, 2.75) is 13.8 Å². The van der Waals surface area contributed by atoms with Gasteiger partial charge in [-0.25, -0.2) is 4.79 Å². The number of rotatable bonds is 5. The lowest BCUT2D eigenvalue weighted by atomic mass is 10.1. The van der Waals surface area contributed by atoms with Gasteiger partial charge >= 0.3 is 5.97 Å². The van der Waals surface area contributed by atoms with E-state index in [9.17, 15) is 9.59 Å². The molecule has 0 rings (SSSR count). The third kappa shape index (κ3) is 4.40. The summed E-state index contributed by atoms with van der Waals surface area (Å²) in [6.45, 7) is 7.12. The average molecular weight is 194 g/mol. The van der Waals surface area contributed by atoms with Crippen molar-refractivity contribution >= 4 is 12.3 Å². The van der Waals surface area contributed by atoms with E-state index in [-0.39, 0.29) is 0 Å².